The Morgan fingerprint density at radius 2 is 2.35 bits per heavy atom. The molecule has 3 heterocycles. The maximum atomic E-state index is 12.4. The van der Waals surface area contributed by atoms with E-state index in [-0.39, 0.29) is 23.6 Å². The summed E-state index contributed by atoms with van der Waals surface area (Å²) in [4.78, 5) is 23.3. The van der Waals surface area contributed by atoms with E-state index in [1.54, 1.807) is 11.3 Å². The molecule has 2 aromatic heterocycles. The minimum atomic E-state index is -0.153. The first kappa shape index (κ1) is 15.4. The number of nitrogens with zero attached hydrogens (tertiary/aromatic N) is 4. The van der Waals surface area contributed by atoms with Gasteiger partial charge < -0.3 is 9.64 Å². The van der Waals surface area contributed by atoms with Crippen LogP contribution in [0, 0.1) is 11.3 Å². The Bertz CT molecular complexity index is 711. The van der Waals surface area contributed by atoms with Gasteiger partial charge in [-0.2, -0.15) is 5.26 Å². The number of amides is 1. The Morgan fingerprint density at radius 3 is 3.13 bits per heavy atom. The number of nitriles is 1. The van der Waals surface area contributed by atoms with Gasteiger partial charge in [-0.3, -0.25) is 4.79 Å². The third kappa shape index (κ3) is 3.85. The summed E-state index contributed by atoms with van der Waals surface area (Å²) in [6, 6.07) is 5.89. The van der Waals surface area contributed by atoms with Gasteiger partial charge in [-0.25, -0.2) is 9.97 Å². The Balaban J connectivity index is 1.62. The monoisotopic (exact) mass is 328 g/mol. The minimum absolute atomic E-state index is 0.111. The highest BCUT2D eigenvalue weighted by atomic mass is 32.1. The molecular formula is C16H16N4O2S. The van der Waals surface area contributed by atoms with Crippen LogP contribution in [0.3, 0.4) is 0 Å². The molecule has 0 aromatic carbocycles. The first-order valence-corrected chi connectivity index (χ1v) is 8.32. The quantitative estimate of drug-likeness (QED) is 0.858. The van der Waals surface area contributed by atoms with E-state index in [1.165, 1.54) is 12.4 Å². The first-order valence-electron chi connectivity index (χ1n) is 7.44. The Morgan fingerprint density at radius 1 is 1.48 bits per heavy atom. The fraction of sp³-hybridized carbons (Fsp3) is 0.375. The molecule has 1 saturated heterocycles. The number of hydrogen-bond donors (Lipinski definition) is 0. The molecule has 1 aliphatic heterocycles. The lowest BCUT2D eigenvalue weighted by molar-refractivity contribution is -0.133. The summed E-state index contributed by atoms with van der Waals surface area (Å²) >= 11 is 1.59. The highest BCUT2D eigenvalue weighted by molar-refractivity contribution is 7.10. The van der Waals surface area contributed by atoms with Crippen LogP contribution in [0.25, 0.3) is 0 Å². The van der Waals surface area contributed by atoms with E-state index in [2.05, 4.69) is 9.97 Å². The van der Waals surface area contributed by atoms with E-state index < -0.39 is 0 Å². The first-order chi connectivity index (χ1) is 11.3. The van der Waals surface area contributed by atoms with E-state index >= 15 is 0 Å². The summed E-state index contributed by atoms with van der Waals surface area (Å²) in [6.45, 7) is 1.27. The highest BCUT2D eigenvalue weighted by Crippen LogP contribution is 2.20. The maximum Gasteiger partial charge on any atom is 0.251 e. The molecule has 2 aromatic rings. The van der Waals surface area contributed by atoms with Gasteiger partial charge in [0.1, 0.15) is 12.2 Å². The van der Waals surface area contributed by atoms with Gasteiger partial charge in [0.2, 0.25) is 11.6 Å². The zero-order valence-electron chi connectivity index (χ0n) is 12.5. The van der Waals surface area contributed by atoms with Crippen LogP contribution < -0.4 is 4.74 Å². The van der Waals surface area contributed by atoms with Crippen LogP contribution in [0.2, 0.25) is 0 Å². The molecule has 1 aliphatic rings. The van der Waals surface area contributed by atoms with Gasteiger partial charge in [0, 0.05) is 23.8 Å². The molecular weight excluding hydrogens is 312 g/mol. The van der Waals surface area contributed by atoms with Crippen LogP contribution >= 0.6 is 11.3 Å². The lowest BCUT2D eigenvalue weighted by Gasteiger charge is -2.32. The second-order valence-corrected chi connectivity index (χ2v) is 6.33. The van der Waals surface area contributed by atoms with Gasteiger partial charge in [0.05, 0.1) is 13.0 Å². The van der Waals surface area contributed by atoms with Crippen molar-refractivity contribution in [2.24, 2.45) is 0 Å². The largest absolute Gasteiger partial charge is 0.470 e. The van der Waals surface area contributed by atoms with Crippen LogP contribution in [0.5, 0.6) is 5.88 Å². The van der Waals surface area contributed by atoms with E-state index in [0.717, 1.165) is 24.3 Å². The predicted molar refractivity (Wildman–Crippen MR) is 85.0 cm³/mol. The Hall–Kier alpha value is -2.46. The maximum absolute atomic E-state index is 12.4. The normalized spacial score (nSPS) is 17.5. The topological polar surface area (TPSA) is 79.1 Å². The minimum Gasteiger partial charge on any atom is -0.470 e. The predicted octanol–water partition coefficient (Wildman–Crippen LogP) is 2.02. The number of rotatable bonds is 4. The molecule has 3 rings (SSSR count). The van der Waals surface area contributed by atoms with Crippen molar-refractivity contribution in [3.8, 4) is 11.9 Å². The zero-order valence-corrected chi connectivity index (χ0v) is 13.3. The van der Waals surface area contributed by atoms with Gasteiger partial charge in [-0.1, -0.05) is 6.07 Å². The third-order valence-electron chi connectivity index (χ3n) is 3.69. The number of carbonyl (C=O) groups excluding carboxylic acids is 1. The number of ether oxygens (including phenoxy) is 1. The van der Waals surface area contributed by atoms with E-state index in [0.29, 0.717) is 13.0 Å². The molecule has 1 amide bonds. The van der Waals surface area contributed by atoms with Crippen molar-refractivity contribution < 1.29 is 9.53 Å². The SMILES string of the molecule is N#Cc1nccnc1O[C@@H]1CCCN(C(=O)Cc2cccs2)C1. The second-order valence-electron chi connectivity index (χ2n) is 5.30. The zero-order chi connectivity index (χ0) is 16.1. The van der Waals surface area contributed by atoms with Gasteiger partial charge in [0.15, 0.2) is 0 Å². The standard InChI is InChI=1S/C16H16N4O2S/c17-10-14-16(19-6-5-18-14)22-12-3-1-7-20(11-12)15(21)9-13-4-2-8-23-13/h2,4-6,8,12H,1,3,7,9,11H2/t12-/m1/s1. The molecule has 0 aliphatic carbocycles. The van der Waals surface area contributed by atoms with Crippen molar-refractivity contribution >= 4 is 17.2 Å². The molecule has 7 heteroatoms. The summed E-state index contributed by atoms with van der Waals surface area (Å²) in [5, 5.41) is 11.0. The van der Waals surface area contributed by atoms with Crippen molar-refractivity contribution in [1.29, 1.82) is 5.26 Å². The second kappa shape index (κ2) is 7.20. The number of piperidine rings is 1. The summed E-state index contributed by atoms with van der Waals surface area (Å²) in [5.74, 6) is 0.355. The van der Waals surface area contributed by atoms with Crippen LogP contribution in [0.4, 0.5) is 0 Å². The summed E-state index contributed by atoms with van der Waals surface area (Å²) in [7, 11) is 0. The fourth-order valence-corrected chi connectivity index (χ4v) is 3.28. The van der Waals surface area contributed by atoms with Gasteiger partial charge in [-0.15, -0.1) is 11.3 Å². The van der Waals surface area contributed by atoms with Gasteiger partial charge >= 0.3 is 0 Å². The van der Waals surface area contributed by atoms with Crippen molar-refractivity contribution in [2.75, 3.05) is 13.1 Å². The number of carbonyl (C=O) groups is 1. The van der Waals surface area contributed by atoms with E-state index in [9.17, 15) is 4.79 Å². The lowest BCUT2D eigenvalue weighted by Crippen LogP contribution is -2.45. The number of aromatic nitrogens is 2. The summed E-state index contributed by atoms with van der Waals surface area (Å²) < 4.78 is 5.81. The molecule has 1 atom stereocenters. The van der Waals surface area contributed by atoms with Crippen LogP contribution in [-0.2, 0) is 11.2 Å². The van der Waals surface area contributed by atoms with E-state index in [4.69, 9.17) is 10.00 Å². The highest BCUT2D eigenvalue weighted by Gasteiger charge is 2.26. The molecule has 0 spiro atoms. The average Bonchev–Trinajstić information content (AvgIpc) is 3.08. The average molecular weight is 328 g/mol. The Labute approximate surface area is 138 Å². The number of likely N-dealkylation sites (tertiary alicyclic amines) is 1. The van der Waals surface area contributed by atoms with Crippen LogP contribution in [0.1, 0.15) is 23.4 Å². The van der Waals surface area contributed by atoms with Crippen LogP contribution in [0.15, 0.2) is 29.9 Å². The van der Waals surface area contributed by atoms with Crippen molar-refractivity contribution in [2.45, 2.75) is 25.4 Å². The molecule has 23 heavy (non-hydrogen) atoms. The third-order valence-corrected chi connectivity index (χ3v) is 4.56. The van der Waals surface area contributed by atoms with Crippen LogP contribution in [-0.4, -0.2) is 40.0 Å². The molecule has 0 unspecified atom stereocenters. The smallest absolute Gasteiger partial charge is 0.251 e. The molecule has 1 fully saturated rings. The Kier molecular flexibility index (Phi) is 4.83. The molecule has 0 bridgehead atoms. The van der Waals surface area contributed by atoms with Gasteiger partial charge in [0.25, 0.3) is 5.88 Å². The molecule has 118 valence electrons. The van der Waals surface area contributed by atoms with Crippen molar-refractivity contribution in [3.63, 3.8) is 0 Å². The number of thiophene rings is 1. The molecule has 6 nitrogen and oxygen atoms in total. The van der Waals surface area contributed by atoms with Crippen molar-refractivity contribution in [3.05, 3.63) is 40.5 Å². The van der Waals surface area contributed by atoms with Gasteiger partial charge in [-0.05, 0) is 24.3 Å². The van der Waals surface area contributed by atoms with Crippen molar-refractivity contribution in [1.82, 2.24) is 14.9 Å². The summed E-state index contributed by atoms with van der Waals surface area (Å²) in [6.07, 6.45) is 4.95. The molecule has 0 N–H and O–H groups in total. The molecule has 0 radical (unpaired) electrons. The fourth-order valence-electron chi connectivity index (χ4n) is 2.58. The lowest BCUT2D eigenvalue weighted by atomic mass is 10.1. The summed E-state index contributed by atoms with van der Waals surface area (Å²) in [5.41, 5.74) is 0.175. The number of hydrogen-bond acceptors (Lipinski definition) is 6. The van der Waals surface area contributed by atoms with E-state index in [1.807, 2.05) is 28.5 Å². The molecule has 0 saturated carbocycles.